The summed E-state index contributed by atoms with van der Waals surface area (Å²) >= 11 is 0. The topological polar surface area (TPSA) is 33.3 Å². The summed E-state index contributed by atoms with van der Waals surface area (Å²) in [5, 5.41) is 3.27. The van der Waals surface area contributed by atoms with Crippen LogP contribution >= 0.6 is 0 Å². The molecular formula is C7H10N2O. The predicted octanol–water partition coefficient (Wildman–Crippen LogP) is -0.0653. The molecule has 54 valence electrons. The molecule has 3 heteroatoms. The largest absolute Gasteiger partial charge is 0.383 e. The standard InChI is InChI=1S/C7H10N2O/c1-2-6-5-10-9-4-7(6)8-3-1/h1-2,8-9H,3-5H2. The molecule has 0 radical (unpaired) electrons. The molecule has 0 bridgehead atoms. The SMILES string of the molecule is C1=CC2=C(CNOC2)NC1. The highest BCUT2D eigenvalue weighted by Gasteiger charge is 2.11. The molecule has 0 aromatic rings. The Morgan fingerprint density at radius 1 is 1.50 bits per heavy atom. The number of hydroxylamine groups is 1. The van der Waals surface area contributed by atoms with Crippen molar-refractivity contribution in [2.75, 3.05) is 19.7 Å². The van der Waals surface area contributed by atoms with Gasteiger partial charge < -0.3 is 5.32 Å². The third-order valence-corrected chi connectivity index (χ3v) is 1.72. The van der Waals surface area contributed by atoms with Gasteiger partial charge in [0.25, 0.3) is 0 Å². The number of hydrogen-bond donors (Lipinski definition) is 2. The van der Waals surface area contributed by atoms with E-state index in [0.29, 0.717) is 6.61 Å². The van der Waals surface area contributed by atoms with E-state index in [4.69, 9.17) is 4.84 Å². The molecule has 2 aliphatic rings. The maximum absolute atomic E-state index is 5.04. The maximum Gasteiger partial charge on any atom is 0.0950 e. The van der Waals surface area contributed by atoms with Gasteiger partial charge in [-0.05, 0) is 5.57 Å². The summed E-state index contributed by atoms with van der Waals surface area (Å²) in [6, 6.07) is 0. The quantitative estimate of drug-likeness (QED) is 0.492. The molecule has 0 saturated carbocycles. The van der Waals surface area contributed by atoms with Crippen LogP contribution in [0.4, 0.5) is 0 Å². The van der Waals surface area contributed by atoms with Crippen molar-refractivity contribution in [2.24, 2.45) is 0 Å². The minimum absolute atomic E-state index is 0.679. The van der Waals surface area contributed by atoms with Crippen LogP contribution in [0.1, 0.15) is 0 Å². The monoisotopic (exact) mass is 138 g/mol. The lowest BCUT2D eigenvalue weighted by Gasteiger charge is -2.22. The van der Waals surface area contributed by atoms with E-state index in [1.54, 1.807) is 0 Å². The van der Waals surface area contributed by atoms with Crippen molar-refractivity contribution < 1.29 is 4.84 Å². The molecule has 2 rings (SSSR count). The number of nitrogens with one attached hydrogen (secondary N) is 2. The van der Waals surface area contributed by atoms with E-state index in [1.807, 2.05) is 0 Å². The van der Waals surface area contributed by atoms with Crippen molar-refractivity contribution in [3.05, 3.63) is 23.4 Å². The summed E-state index contributed by atoms with van der Waals surface area (Å²) in [4.78, 5) is 5.04. The minimum Gasteiger partial charge on any atom is -0.383 e. The minimum atomic E-state index is 0.679. The summed E-state index contributed by atoms with van der Waals surface area (Å²) in [7, 11) is 0. The van der Waals surface area contributed by atoms with Gasteiger partial charge >= 0.3 is 0 Å². The van der Waals surface area contributed by atoms with E-state index in [2.05, 4.69) is 22.9 Å². The molecule has 0 spiro atoms. The zero-order chi connectivity index (χ0) is 6.81. The third-order valence-electron chi connectivity index (χ3n) is 1.72. The molecule has 2 N–H and O–H groups in total. The van der Waals surface area contributed by atoms with Crippen LogP contribution in [0.15, 0.2) is 23.4 Å². The molecule has 10 heavy (non-hydrogen) atoms. The van der Waals surface area contributed by atoms with E-state index >= 15 is 0 Å². The average molecular weight is 138 g/mol. The van der Waals surface area contributed by atoms with Crippen LogP contribution in [0.2, 0.25) is 0 Å². The first kappa shape index (κ1) is 5.95. The molecule has 0 fully saturated rings. The summed E-state index contributed by atoms with van der Waals surface area (Å²) in [6.45, 7) is 2.43. The van der Waals surface area contributed by atoms with Crippen molar-refractivity contribution in [1.82, 2.24) is 10.8 Å². The first-order chi connectivity index (χ1) is 4.97. The normalized spacial score (nSPS) is 24.0. The van der Waals surface area contributed by atoms with Crippen molar-refractivity contribution >= 4 is 0 Å². The van der Waals surface area contributed by atoms with Gasteiger partial charge in [-0.15, -0.1) is 0 Å². The second-order valence-electron chi connectivity index (χ2n) is 2.40. The zero-order valence-corrected chi connectivity index (χ0v) is 5.68. The summed E-state index contributed by atoms with van der Waals surface area (Å²) < 4.78 is 0. The highest BCUT2D eigenvalue weighted by molar-refractivity contribution is 5.30. The molecule has 0 aliphatic carbocycles. The molecule has 0 saturated heterocycles. The number of dihydropyridines is 1. The van der Waals surface area contributed by atoms with Crippen molar-refractivity contribution in [3.63, 3.8) is 0 Å². The number of hydrogen-bond acceptors (Lipinski definition) is 3. The van der Waals surface area contributed by atoms with Crippen LogP contribution < -0.4 is 10.8 Å². The lowest BCUT2D eigenvalue weighted by atomic mass is 10.1. The van der Waals surface area contributed by atoms with Gasteiger partial charge in [0, 0.05) is 12.2 Å². The molecular weight excluding hydrogens is 128 g/mol. The van der Waals surface area contributed by atoms with Gasteiger partial charge in [-0.2, -0.15) is 5.48 Å². The Balaban J connectivity index is 2.23. The van der Waals surface area contributed by atoms with Crippen LogP contribution in [-0.2, 0) is 4.84 Å². The van der Waals surface area contributed by atoms with Gasteiger partial charge in [0.15, 0.2) is 0 Å². The molecule has 3 nitrogen and oxygen atoms in total. The Labute approximate surface area is 59.7 Å². The lowest BCUT2D eigenvalue weighted by Crippen LogP contribution is -2.34. The number of rotatable bonds is 0. The summed E-state index contributed by atoms with van der Waals surface area (Å²) in [6.07, 6.45) is 4.22. The van der Waals surface area contributed by atoms with Crippen molar-refractivity contribution in [1.29, 1.82) is 0 Å². The van der Waals surface area contributed by atoms with Gasteiger partial charge in [0.05, 0.1) is 13.2 Å². The third kappa shape index (κ3) is 0.936. The van der Waals surface area contributed by atoms with Gasteiger partial charge in [-0.25, -0.2) is 0 Å². The Hall–Kier alpha value is -0.800. The van der Waals surface area contributed by atoms with Crippen LogP contribution in [0.3, 0.4) is 0 Å². The van der Waals surface area contributed by atoms with Crippen LogP contribution in [-0.4, -0.2) is 19.7 Å². The van der Waals surface area contributed by atoms with Crippen LogP contribution in [0.25, 0.3) is 0 Å². The summed E-state index contributed by atoms with van der Waals surface area (Å²) in [5.41, 5.74) is 5.37. The fourth-order valence-corrected chi connectivity index (χ4v) is 1.16. The van der Waals surface area contributed by atoms with E-state index in [0.717, 1.165) is 13.1 Å². The van der Waals surface area contributed by atoms with Crippen molar-refractivity contribution in [2.45, 2.75) is 0 Å². The second-order valence-corrected chi connectivity index (χ2v) is 2.40. The fourth-order valence-electron chi connectivity index (χ4n) is 1.16. The second kappa shape index (κ2) is 2.44. The van der Waals surface area contributed by atoms with Gasteiger partial charge in [0.2, 0.25) is 0 Å². The molecule has 0 aromatic heterocycles. The molecule has 2 heterocycles. The van der Waals surface area contributed by atoms with Gasteiger partial charge in [-0.1, -0.05) is 12.2 Å². The van der Waals surface area contributed by atoms with Gasteiger partial charge in [-0.3, -0.25) is 4.84 Å². The smallest absolute Gasteiger partial charge is 0.0950 e. The highest BCUT2D eigenvalue weighted by Crippen LogP contribution is 2.10. The Morgan fingerprint density at radius 2 is 2.50 bits per heavy atom. The van der Waals surface area contributed by atoms with E-state index in [1.165, 1.54) is 11.3 Å². The Kier molecular flexibility index (Phi) is 1.45. The fraction of sp³-hybridized carbons (Fsp3) is 0.429. The van der Waals surface area contributed by atoms with E-state index < -0.39 is 0 Å². The highest BCUT2D eigenvalue weighted by atomic mass is 16.6. The predicted molar refractivity (Wildman–Crippen MR) is 38.1 cm³/mol. The Bertz CT molecular complexity index is 196. The lowest BCUT2D eigenvalue weighted by molar-refractivity contribution is 0.0528. The zero-order valence-electron chi connectivity index (χ0n) is 5.68. The molecule has 0 aromatic carbocycles. The first-order valence-electron chi connectivity index (χ1n) is 3.44. The Morgan fingerprint density at radius 3 is 3.40 bits per heavy atom. The van der Waals surface area contributed by atoms with Crippen LogP contribution in [0.5, 0.6) is 0 Å². The van der Waals surface area contributed by atoms with E-state index in [9.17, 15) is 0 Å². The molecule has 0 unspecified atom stereocenters. The molecule has 2 aliphatic heterocycles. The average Bonchev–Trinajstić information content (AvgIpc) is 2.05. The van der Waals surface area contributed by atoms with Crippen molar-refractivity contribution in [3.8, 4) is 0 Å². The van der Waals surface area contributed by atoms with Crippen LogP contribution in [0, 0.1) is 0 Å². The molecule has 0 atom stereocenters. The molecule has 0 amide bonds. The van der Waals surface area contributed by atoms with E-state index in [-0.39, 0.29) is 0 Å². The van der Waals surface area contributed by atoms with Gasteiger partial charge in [0.1, 0.15) is 0 Å². The first-order valence-corrected chi connectivity index (χ1v) is 3.44. The maximum atomic E-state index is 5.04. The summed E-state index contributed by atoms with van der Waals surface area (Å²) in [5.74, 6) is 0.